The summed E-state index contributed by atoms with van der Waals surface area (Å²) >= 11 is 0. The number of rotatable bonds is 5. The van der Waals surface area contributed by atoms with Gasteiger partial charge in [-0.2, -0.15) is 0 Å². The van der Waals surface area contributed by atoms with Crippen LogP contribution in [0.4, 0.5) is 5.69 Å². The molecule has 0 radical (unpaired) electrons. The summed E-state index contributed by atoms with van der Waals surface area (Å²) in [6.45, 7) is 6.86. The molecule has 2 heterocycles. The number of hydrogen-bond acceptors (Lipinski definition) is 4. The molecule has 2 saturated heterocycles. The van der Waals surface area contributed by atoms with Gasteiger partial charge in [-0.05, 0) is 43.7 Å². The minimum absolute atomic E-state index is 0.0266. The SMILES string of the molecule is CC(=O)c1ccc(N2CCN(C(=O)[C@@H]3CC(=O)N([C@H](C)c4ccccc4)C3)CC2)cc1. The van der Waals surface area contributed by atoms with Gasteiger partial charge < -0.3 is 14.7 Å². The molecular formula is C25H29N3O3. The van der Waals surface area contributed by atoms with Crippen molar-refractivity contribution in [2.24, 2.45) is 5.92 Å². The number of benzene rings is 2. The fourth-order valence-corrected chi connectivity index (χ4v) is 4.53. The number of carbonyl (C=O) groups excluding carboxylic acids is 3. The monoisotopic (exact) mass is 419 g/mol. The van der Waals surface area contributed by atoms with Crippen molar-refractivity contribution >= 4 is 23.3 Å². The molecule has 2 fully saturated rings. The number of carbonyl (C=O) groups is 3. The van der Waals surface area contributed by atoms with E-state index in [-0.39, 0.29) is 29.6 Å². The number of hydrogen-bond donors (Lipinski definition) is 0. The highest BCUT2D eigenvalue weighted by molar-refractivity contribution is 5.94. The van der Waals surface area contributed by atoms with Gasteiger partial charge in [-0.1, -0.05) is 30.3 Å². The molecule has 4 rings (SSSR count). The van der Waals surface area contributed by atoms with E-state index in [2.05, 4.69) is 4.90 Å². The van der Waals surface area contributed by atoms with Crippen molar-refractivity contribution < 1.29 is 14.4 Å². The summed E-state index contributed by atoms with van der Waals surface area (Å²) < 4.78 is 0. The van der Waals surface area contributed by atoms with Gasteiger partial charge in [-0.15, -0.1) is 0 Å². The number of nitrogens with zero attached hydrogens (tertiary/aromatic N) is 3. The first kappa shape index (κ1) is 21.1. The molecule has 0 bridgehead atoms. The number of amides is 2. The Morgan fingerprint density at radius 1 is 0.935 bits per heavy atom. The highest BCUT2D eigenvalue weighted by Gasteiger charge is 2.39. The lowest BCUT2D eigenvalue weighted by Gasteiger charge is -2.37. The molecule has 2 atom stereocenters. The van der Waals surface area contributed by atoms with Crippen LogP contribution in [0.15, 0.2) is 54.6 Å². The maximum absolute atomic E-state index is 13.1. The predicted octanol–water partition coefficient (Wildman–Crippen LogP) is 3.15. The van der Waals surface area contributed by atoms with Crippen LogP contribution in [0.2, 0.25) is 0 Å². The van der Waals surface area contributed by atoms with Crippen molar-refractivity contribution in [1.29, 1.82) is 0 Å². The van der Waals surface area contributed by atoms with E-state index in [0.717, 1.165) is 24.3 Å². The molecule has 2 aliphatic rings. The van der Waals surface area contributed by atoms with Crippen molar-refractivity contribution in [2.45, 2.75) is 26.3 Å². The summed E-state index contributed by atoms with van der Waals surface area (Å²) in [5.41, 5.74) is 2.86. The quantitative estimate of drug-likeness (QED) is 0.699. The molecule has 0 unspecified atom stereocenters. The van der Waals surface area contributed by atoms with E-state index in [1.165, 1.54) is 0 Å². The molecule has 2 amide bonds. The Bertz CT molecular complexity index is 950. The normalized spacial score (nSPS) is 20.1. The van der Waals surface area contributed by atoms with Gasteiger partial charge in [0.1, 0.15) is 0 Å². The van der Waals surface area contributed by atoms with E-state index in [4.69, 9.17) is 0 Å². The van der Waals surface area contributed by atoms with Crippen molar-refractivity contribution in [3.8, 4) is 0 Å². The fraction of sp³-hybridized carbons (Fsp3) is 0.400. The minimum Gasteiger partial charge on any atom is -0.368 e. The van der Waals surface area contributed by atoms with Gasteiger partial charge in [-0.25, -0.2) is 0 Å². The third kappa shape index (κ3) is 4.48. The summed E-state index contributed by atoms with van der Waals surface area (Å²) in [6.07, 6.45) is 0.294. The first-order valence-electron chi connectivity index (χ1n) is 10.9. The second kappa shape index (κ2) is 8.92. The van der Waals surface area contributed by atoms with Crippen LogP contribution in [0.3, 0.4) is 0 Å². The Hall–Kier alpha value is -3.15. The summed E-state index contributed by atoms with van der Waals surface area (Å²) in [6, 6.07) is 17.6. The van der Waals surface area contributed by atoms with Gasteiger partial charge in [0.15, 0.2) is 5.78 Å². The maximum atomic E-state index is 13.1. The molecule has 31 heavy (non-hydrogen) atoms. The molecule has 6 nitrogen and oxygen atoms in total. The molecule has 162 valence electrons. The topological polar surface area (TPSA) is 60.9 Å². The molecule has 0 spiro atoms. The van der Waals surface area contributed by atoms with E-state index < -0.39 is 0 Å². The summed E-state index contributed by atoms with van der Waals surface area (Å²) in [7, 11) is 0. The Balaban J connectivity index is 1.33. The van der Waals surface area contributed by atoms with Gasteiger partial charge in [-0.3, -0.25) is 14.4 Å². The van der Waals surface area contributed by atoms with Gasteiger partial charge in [0.25, 0.3) is 0 Å². The summed E-state index contributed by atoms with van der Waals surface area (Å²) in [4.78, 5) is 43.2. The van der Waals surface area contributed by atoms with Crippen LogP contribution in [-0.2, 0) is 9.59 Å². The summed E-state index contributed by atoms with van der Waals surface area (Å²) in [5.74, 6) is -0.0645. The zero-order valence-electron chi connectivity index (χ0n) is 18.2. The number of piperazine rings is 1. The Kier molecular flexibility index (Phi) is 6.07. The van der Waals surface area contributed by atoms with E-state index >= 15 is 0 Å². The zero-order valence-corrected chi connectivity index (χ0v) is 18.2. The lowest BCUT2D eigenvalue weighted by atomic mass is 10.1. The molecule has 2 aromatic carbocycles. The first-order valence-corrected chi connectivity index (χ1v) is 10.9. The van der Waals surface area contributed by atoms with Gasteiger partial charge in [0.2, 0.25) is 11.8 Å². The van der Waals surface area contributed by atoms with Crippen LogP contribution in [0.1, 0.15) is 42.2 Å². The maximum Gasteiger partial charge on any atom is 0.228 e. The van der Waals surface area contributed by atoms with Gasteiger partial charge in [0, 0.05) is 50.4 Å². The Morgan fingerprint density at radius 3 is 2.19 bits per heavy atom. The third-order valence-corrected chi connectivity index (χ3v) is 6.49. The van der Waals surface area contributed by atoms with Crippen LogP contribution in [0.5, 0.6) is 0 Å². The highest BCUT2D eigenvalue weighted by Crippen LogP contribution is 2.30. The minimum atomic E-state index is -0.264. The van der Waals surface area contributed by atoms with Crippen LogP contribution in [0.25, 0.3) is 0 Å². The second-order valence-electron chi connectivity index (χ2n) is 8.45. The largest absolute Gasteiger partial charge is 0.368 e. The van der Waals surface area contributed by atoms with Crippen molar-refractivity contribution in [3.63, 3.8) is 0 Å². The molecule has 0 saturated carbocycles. The molecule has 0 N–H and O–H groups in total. The van der Waals surface area contributed by atoms with Gasteiger partial charge >= 0.3 is 0 Å². The Labute approximate surface area is 183 Å². The van der Waals surface area contributed by atoms with Crippen LogP contribution in [-0.4, -0.2) is 60.1 Å². The average molecular weight is 420 g/mol. The molecule has 0 aromatic heterocycles. The van der Waals surface area contributed by atoms with E-state index in [1.807, 2.05) is 71.3 Å². The smallest absolute Gasteiger partial charge is 0.228 e. The second-order valence-corrected chi connectivity index (χ2v) is 8.45. The molecule has 6 heteroatoms. The fourth-order valence-electron chi connectivity index (χ4n) is 4.53. The summed E-state index contributed by atoms with van der Waals surface area (Å²) in [5, 5.41) is 0. The number of likely N-dealkylation sites (tertiary alicyclic amines) is 1. The van der Waals surface area contributed by atoms with Gasteiger partial charge in [0.05, 0.1) is 12.0 Å². The third-order valence-electron chi connectivity index (χ3n) is 6.49. The highest BCUT2D eigenvalue weighted by atomic mass is 16.2. The van der Waals surface area contributed by atoms with E-state index in [9.17, 15) is 14.4 Å². The number of anilines is 1. The van der Waals surface area contributed by atoms with Crippen LogP contribution >= 0.6 is 0 Å². The van der Waals surface area contributed by atoms with E-state index in [0.29, 0.717) is 31.6 Å². The standard InChI is InChI=1S/C25H29N3O3/c1-18(20-6-4-3-5-7-20)28-17-22(16-24(28)30)25(31)27-14-12-26(13-15-27)23-10-8-21(9-11-23)19(2)29/h3-11,18,22H,12-17H2,1-2H3/t18-,22-/m1/s1. The Morgan fingerprint density at radius 2 is 1.58 bits per heavy atom. The molecule has 2 aromatic rings. The van der Waals surface area contributed by atoms with Crippen LogP contribution < -0.4 is 4.90 Å². The number of Topliss-reactive ketones (excluding diaryl/α,β-unsaturated/α-hetero) is 1. The molecule has 2 aliphatic heterocycles. The first-order chi connectivity index (χ1) is 14.9. The molecule has 0 aliphatic carbocycles. The van der Waals surface area contributed by atoms with Crippen LogP contribution in [0, 0.1) is 5.92 Å². The lowest BCUT2D eigenvalue weighted by Crippen LogP contribution is -2.50. The van der Waals surface area contributed by atoms with Crippen molar-refractivity contribution in [1.82, 2.24) is 9.80 Å². The predicted molar refractivity (Wildman–Crippen MR) is 120 cm³/mol. The van der Waals surface area contributed by atoms with Crippen molar-refractivity contribution in [3.05, 3.63) is 65.7 Å². The van der Waals surface area contributed by atoms with E-state index in [1.54, 1.807) is 6.92 Å². The number of ketones is 1. The average Bonchev–Trinajstić information content (AvgIpc) is 3.20. The molecular weight excluding hydrogens is 390 g/mol. The zero-order chi connectivity index (χ0) is 22.0. The lowest BCUT2D eigenvalue weighted by molar-refractivity contribution is -0.136. The van der Waals surface area contributed by atoms with Crippen molar-refractivity contribution in [2.75, 3.05) is 37.6 Å².